The van der Waals surface area contributed by atoms with Gasteiger partial charge in [0.25, 0.3) is 0 Å². The average molecular weight is 562 g/mol. The van der Waals surface area contributed by atoms with Gasteiger partial charge in [0.1, 0.15) is 0 Å². The lowest BCUT2D eigenvalue weighted by Crippen LogP contribution is -2.16. The summed E-state index contributed by atoms with van der Waals surface area (Å²) < 4.78 is 0. The minimum absolute atomic E-state index is 0.946. The van der Waals surface area contributed by atoms with Crippen LogP contribution in [0, 0.1) is 0 Å². The summed E-state index contributed by atoms with van der Waals surface area (Å²) >= 11 is 0. The summed E-state index contributed by atoms with van der Waals surface area (Å²) in [5, 5.41) is 13.2. The first-order chi connectivity index (χ1) is 21.7. The number of rotatable bonds is 5. The monoisotopic (exact) mass is 561 g/mol. The van der Waals surface area contributed by atoms with Crippen LogP contribution in [0.25, 0.3) is 76.1 Å². The van der Waals surface area contributed by atoms with Gasteiger partial charge >= 0.3 is 0 Å². The van der Waals surface area contributed by atoms with Crippen LogP contribution in [0.5, 0.6) is 0 Å². The Morgan fingerprint density at radius 2 is 1.25 bits per heavy atom. The summed E-state index contributed by atoms with van der Waals surface area (Å²) in [7, 11) is 0. The molecule has 0 heterocycles. The molecule has 0 unspecified atom stereocenters. The Morgan fingerprint density at radius 1 is 0.545 bits per heavy atom. The van der Waals surface area contributed by atoms with Gasteiger partial charge in [0.2, 0.25) is 0 Å². The molecule has 1 heteroatoms. The van der Waals surface area contributed by atoms with Crippen molar-refractivity contribution in [3.63, 3.8) is 0 Å². The molecule has 0 radical (unpaired) electrons. The smallest absolute Gasteiger partial charge is 0.0546 e. The molecule has 9 rings (SSSR count). The second-order valence-electron chi connectivity index (χ2n) is 11.9. The first-order valence-corrected chi connectivity index (χ1v) is 15.6. The van der Waals surface area contributed by atoms with Gasteiger partial charge < -0.3 is 4.90 Å². The largest absolute Gasteiger partial charge is 0.310 e. The third kappa shape index (κ3) is 3.47. The van der Waals surface area contributed by atoms with Crippen LogP contribution in [0.15, 0.2) is 145 Å². The molecule has 0 aromatic heterocycles. The predicted octanol–water partition coefficient (Wildman–Crippen LogP) is 12.5. The van der Waals surface area contributed by atoms with Gasteiger partial charge in [-0.25, -0.2) is 0 Å². The summed E-state index contributed by atoms with van der Waals surface area (Å²) in [6.07, 6.45) is 7.68. The van der Waals surface area contributed by atoms with Crippen molar-refractivity contribution in [3.8, 4) is 22.3 Å². The zero-order valence-corrected chi connectivity index (χ0v) is 24.9. The highest BCUT2D eigenvalue weighted by Crippen LogP contribution is 2.53. The summed E-state index contributed by atoms with van der Waals surface area (Å²) in [5.41, 5.74) is 8.85. The van der Waals surface area contributed by atoms with Crippen LogP contribution >= 0.6 is 0 Å². The van der Waals surface area contributed by atoms with Crippen molar-refractivity contribution in [2.75, 3.05) is 4.90 Å². The Hall–Kier alpha value is -5.40. The van der Waals surface area contributed by atoms with Crippen molar-refractivity contribution in [2.45, 2.75) is 20.3 Å². The summed E-state index contributed by atoms with van der Waals surface area (Å²) in [6, 6.07) is 45.4. The minimum Gasteiger partial charge on any atom is -0.310 e. The maximum Gasteiger partial charge on any atom is 0.0546 e. The lowest BCUT2D eigenvalue weighted by atomic mass is 9.91. The third-order valence-electron chi connectivity index (χ3n) is 9.47. The van der Waals surface area contributed by atoms with E-state index in [9.17, 15) is 0 Å². The Bertz CT molecular complexity index is 2490. The van der Waals surface area contributed by atoms with E-state index >= 15 is 0 Å². The molecule has 0 saturated carbocycles. The van der Waals surface area contributed by atoms with Crippen LogP contribution in [0.1, 0.15) is 20.3 Å². The van der Waals surface area contributed by atoms with E-state index in [1.165, 1.54) is 93.2 Å². The van der Waals surface area contributed by atoms with Crippen molar-refractivity contribution >= 4 is 65.2 Å². The van der Waals surface area contributed by atoms with Gasteiger partial charge in [-0.15, -0.1) is 0 Å². The van der Waals surface area contributed by atoms with Crippen molar-refractivity contribution < 1.29 is 0 Å². The van der Waals surface area contributed by atoms with Crippen LogP contribution < -0.4 is 4.90 Å². The van der Waals surface area contributed by atoms with Crippen LogP contribution in [-0.2, 0) is 0 Å². The number of hydrogen-bond acceptors (Lipinski definition) is 1. The topological polar surface area (TPSA) is 3.24 Å². The number of hydrogen-bond donors (Lipinski definition) is 0. The molecule has 0 amide bonds. The first kappa shape index (κ1) is 25.1. The van der Waals surface area contributed by atoms with Crippen molar-refractivity contribution in [1.82, 2.24) is 0 Å². The predicted molar refractivity (Wildman–Crippen MR) is 191 cm³/mol. The molecule has 0 fully saturated rings. The lowest BCUT2D eigenvalue weighted by Gasteiger charge is -2.29. The molecule has 0 N–H and O–H groups in total. The maximum absolute atomic E-state index is 2.47. The molecule has 0 spiro atoms. The van der Waals surface area contributed by atoms with Gasteiger partial charge in [-0.05, 0) is 114 Å². The van der Waals surface area contributed by atoms with Crippen LogP contribution in [-0.4, -0.2) is 0 Å². The lowest BCUT2D eigenvalue weighted by molar-refractivity contribution is 1.14. The van der Waals surface area contributed by atoms with Crippen LogP contribution in [0.3, 0.4) is 0 Å². The quantitative estimate of drug-likeness (QED) is 0.149. The normalized spacial score (nSPS) is 12.9. The number of nitrogens with zero attached hydrogens (tertiary/aromatic N) is 1. The first-order valence-electron chi connectivity index (χ1n) is 15.6. The van der Waals surface area contributed by atoms with E-state index in [-0.39, 0.29) is 0 Å². The molecule has 208 valence electrons. The number of fused-ring (bicyclic) bond motifs is 6. The fourth-order valence-corrected chi connectivity index (χ4v) is 7.68. The van der Waals surface area contributed by atoms with E-state index in [0.29, 0.717) is 0 Å². The Labute approximate surface area is 257 Å². The molecule has 1 nitrogen and oxygen atoms in total. The highest BCUT2D eigenvalue weighted by atomic mass is 15.1. The second-order valence-corrected chi connectivity index (χ2v) is 11.9. The molecule has 0 bridgehead atoms. The molecular weight excluding hydrogens is 530 g/mol. The van der Waals surface area contributed by atoms with Crippen molar-refractivity contribution in [3.05, 3.63) is 145 Å². The molecule has 1 aliphatic carbocycles. The molecule has 0 aliphatic heterocycles. The van der Waals surface area contributed by atoms with Crippen molar-refractivity contribution in [2.24, 2.45) is 0 Å². The highest BCUT2D eigenvalue weighted by molar-refractivity contribution is 6.32. The molecule has 44 heavy (non-hydrogen) atoms. The van der Waals surface area contributed by atoms with Gasteiger partial charge in [-0.1, -0.05) is 116 Å². The fraction of sp³-hybridized carbons (Fsp3) is 0.0698. The molecule has 8 aromatic rings. The van der Waals surface area contributed by atoms with Gasteiger partial charge in [-0.2, -0.15) is 0 Å². The SMILES string of the molecule is C/C=C\C(=C/CC)N(c1ccc2c(c1)-c1cc3cccc4ccc5ccc-2c1c5c43)c1cc2ccccc2c2ccccc12. The summed E-state index contributed by atoms with van der Waals surface area (Å²) in [5.74, 6) is 0. The Kier molecular flexibility index (Phi) is 5.46. The van der Waals surface area contributed by atoms with E-state index in [4.69, 9.17) is 0 Å². The summed E-state index contributed by atoms with van der Waals surface area (Å²) in [4.78, 5) is 2.47. The number of anilines is 2. The van der Waals surface area contributed by atoms with E-state index in [0.717, 1.165) is 6.42 Å². The van der Waals surface area contributed by atoms with E-state index in [2.05, 4.69) is 158 Å². The van der Waals surface area contributed by atoms with Crippen molar-refractivity contribution in [1.29, 1.82) is 0 Å². The van der Waals surface area contributed by atoms with Gasteiger partial charge in [0.15, 0.2) is 0 Å². The molecule has 1 aliphatic rings. The maximum atomic E-state index is 2.47. The number of allylic oxidation sites excluding steroid dienone is 3. The standard InChI is InChI=1S/C43H31N/c1-3-10-31(11-4-2)44(40-25-29-12-5-6-15-33(29)34-16-7-8-17-36(34)40)32-21-23-35-37-22-20-28-19-18-27-13-9-14-30-24-39(38(35)26-32)43(37)42(28)41(27)30/h3,5-26H,4H2,1-2H3/b10-3-,31-11+. The number of benzene rings is 8. The average Bonchev–Trinajstić information content (AvgIpc) is 3.38. The second kappa shape index (κ2) is 9.56. The fourth-order valence-electron chi connectivity index (χ4n) is 7.68. The Morgan fingerprint density at radius 3 is 2.09 bits per heavy atom. The molecule has 0 saturated heterocycles. The highest BCUT2D eigenvalue weighted by Gasteiger charge is 2.26. The zero-order chi connectivity index (χ0) is 29.4. The third-order valence-corrected chi connectivity index (χ3v) is 9.47. The van der Waals surface area contributed by atoms with E-state index in [1.54, 1.807) is 0 Å². The van der Waals surface area contributed by atoms with Gasteiger partial charge in [0.05, 0.1) is 5.69 Å². The zero-order valence-electron chi connectivity index (χ0n) is 24.9. The minimum atomic E-state index is 0.946. The summed E-state index contributed by atoms with van der Waals surface area (Å²) in [6.45, 7) is 4.32. The Balaban J connectivity index is 1.35. The van der Waals surface area contributed by atoms with Gasteiger partial charge in [0, 0.05) is 16.8 Å². The van der Waals surface area contributed by atoms with Crippen LogP contribution in [0.4, 0.5) is 11.4 Å². The molecular formula is C43H31N. The van der Waals surface area contributed by atoms with Gasteiger partial charge in [-0.3, -0.25) is 0 Å². The van der Waals surface area contributed by atoms with E-state index < -0.39 is 0 Å². The van der Waals surface area contributed by atoms with E-state index in [1.807, 2.05) is 0 Å². The molecule has 0 atom stereocenters. The van der Waals surface area contributed by atoms with Crippen LogP contribution in [0.2, 0.25) is 0 Å². The molecule has 8 aromatic carbocycles.